The molecule has 2 aliphatic heterocycles. The van der Waals surface area contributed by atoms with Gasteiger partial charge in [0.15, 0.2) is 0 Å². The maximum absolute atomic E-state index is 13.2. The molecule has 0 radical (unpaired) electrons. The lowest BCUT2D eigenvalue weighted by molar-refractivity contribution is 0.0400. The van der Waals surface area contributed by atoms with E-state index in [4.69, 9.17) is 16.3 Å². The maximum atomic E-state index is 13.2. The van der Waals surface area contributed by atoms with Crippen LogP contribution >= 0.6 is 11.6 Å². The summed E-state index contributed by atoms with van der Waals surface area (Å²) in [5, 5.41) is 0.698. The summed E-state index contributed by atoms with van der Waals surface area (Å²) in [6.45, 7) is 3.20. The molecule has 0 spiro atoms. The van der Waals surface area contributed by atoms with Crippen molar-refractivity contribution in [3.05, 3.63) is 70.2 Å². The van der Waals surface area contributed by atoms with Gasteiger partial charge in [-0.2, -0.15) is 0 Å². The van der Waals surface area contributed by atoms with E-state index < -0.39 is 0 Å². The average Bonchev–Trinajstić information content (AvgIpc) is 2.68. The lowest BCUT2D eigenvalue weighted by Crippen LogP contribution is -2.51. The van der Waals surface area contributed by atoms with Crippen LogP contribution in [0.1, 0.15) is 22.7 Å². The molecule has 0 aromatic heterocycles. The van der Waals surface area contributed by atoms with Crippen LogP contribution in [-0.2, 0) is 11.2 Å². The third kappa shape index (κ3) is 3.12. The van der Waals surface area contributed by atoms with Crippen LogP contribution in [0.2, 0.25) is 5.02 Å². The van der Waals surface area contributed by atoms with E-state index in [0.717, 1.165) is 12.0 Å². The summed E-state index contributed by atoms with van der Waals surface area (Å²) >= 11 is 6.51. The summed E-state index contributed by atoms with van der Waals surface area (Å²) in [6.07, 6.45) is 0.868. The van der Waals surface area contributed by atoms with Gasteiger partial charge in [-0.25, -0.2) is 4.79 Å². The van der Waals surface area contributed by atoms with Crippen LogP contribution in [0.3, 0.4) is 0 Å². The molecule has 25 heavy (non-hydrogen) atoms. The van der Waals surface area contributed by atoms with Crippen LogP contribution in [0, 0.1) is 0 Å². The summed E-state index contributed by atoms with van der Waals surface area (Å²) in [7, 11) is 0. The van der Waals surface area contributed by atoms with Crippen molar-refractivity contribution in [2.45, 2.75) is 12.5 Å². The molecule has 2 aromatic rings. The lowest BCUT2D eigenvalue weighted by atomic mass is 9.88. The predicted molar refractivity (Wildman–Crippen MR) is 97.9 cm³/mol. The zero-order valence-electron chi connectivity index (χ0n) is 14.0. The molecule has 0 N–H and O–H groups in total. The summed E-state index contributed by atoms with van der Waals surface area (Å²) in [6, 6.07) is 16.1. The fourth-order valence-corrected chi connectivity index (χ4v) is 3.98. The first kappa shape index (κ1) is 16.4. The zero-order chi connectivity index (χ0) is 17.2. The molecule has 4 rings (SSSR count). The van der Waals surface area contributed by atoms with E-state index >= 15 is 0 Å². The number of morpholine rings is 1. The molecular formula is C20H21ClN2O2. The molecule has 130 valence electrons. The molecule has 2 aromatic carbocycles. The highest BCUT2D eigenvalue weighted by Crippen LogP contribution is 2.38. The van der Waals surface area contributed by atoms with Crippen molar-refractivity contribution < 1.29 is 9.53 Å². The second-order valence-corrected chi connectivity index (χ2v) is 6.86. The van der Waals surface area contributed by atoms with Gasteiger partial charge >= 0.3 is 6.03 Å². The molecule has 5 heteroatoms. The van der Waals surface area contributed by atoms with Gasteiger partial charge in [0.2, 0.25) is 0 Å². The van der Waals surface area contributed by atoms with Gasteiger partial charge in [0.1, 0.15) is 0 Å². The number of hydrogen-bond acceptors (Lipinski definition) is 2. The Balaban J connectivity index is 1.75. The van der Waals surface area contributed by atoms with Crippen molar-refractivity contribution in [2.75, 3.05) is 32.8 Å². The van der Waals surface area contributed by atoms with Crippen molar-refractivity contribution in [3.8, 4) is 0 Å². The fraction of sp³-hybridized carbons (Fsp3) is 0.350. The fourth-order valence-electron chi connectivity index (χ4n) is 3.74. The number of urea groups is 1. The van der Waals surface area contributed by atoms with Crippen LogP contribution < -0.4 is 0 Å². The molecular weight excluding hydrogens is 336 g/mol. The standard InChI is InChI=1S/C20H21ClN2O2/c21-18-8-4-3-7-17(18)19-16-6-2-1-5-15(16)9-10-23(19)20(24)22-11-13-25-14-12-22/h1-8,19H,9-14H2. The van der Waals surface area contributed by atoms with Crippen molar-refractivity contribution in [2.24, 2.45) is 0 Å². The largest absolute Gasteiger partial charge is 0.378 e. The van der Waals surface area contributed by atoms with E-state index in [9.17, 15) is 4.79 Å². The molecule has 1 unspecified atom stereocenters. The molecule has 0 bridgehead atoms. The Morgan fingerprint density at radius 1 is 0.960 bits per heavy atom. The third-order valence-corrected chi connectivity index (χ3v) is 5.35. The summed E-state index contributed by atoms with van der Waals surface area (Å²) in [5.41, 5.74) is 3.44. The monoisotopic (exact) mass is 356 g/mol. The summed E-state index contributed by atoms with van der Waals surface area (Å²) < 4.78 is 5.39. The molecule has 2 aliphatic rings. The molecule has 1 atom stereocenters. The molecule has 4 nitrogen and oxygen atoms in total. The number of halogens is 1. The van der Waals surface area contributed by atoms with Gasteiger partial charge in [-0.1, -0.05) is 54.1 Å². The molecule has 1 fully saturated rings. The van der Waals surface area contributed by atoms with Crippen LogP contribution in [0.5, 0.6) is 0 Å². The van der Waals surface area contributed by atoms with Crippen LogP contribution in [0.4, 0.5) is 4.79 Å². The highest BCUT2D eigenvalue weighted by molar-refractivity contribution is 6.31. The number of rotatable bonds is 1. The van der Waals surface area contributed by atoms with E-state index in [-0.39, 0.29) is 12.1 Å². The Morgan fingerprint density at radius 2 is 1.64 bits per heavy atom. The van der Waals surface area contributed by atoms with Gasteiger partial charge in [-0.05, 0) is 29.2 Å². The molecule has 2 amide bonds. The number of ether oxygens (including phenoxy) is 1. The number of carbonyl (C=O) groups excluding carboxylic acids is 1. The Labute approximate surface area is 152 Å². The first-order chi connectivity index (χ1) is 12.3. The first-order valence-electron chi connectivity index (χ1n) is 8.71. The predicted octanol–water partition coefficient (Wildman–Crippen LogP) is 3.74. The van der Waals surface area contributed by atoms with Gasteiger partial charge in [0.25, 0.3) is 0 Å². The third-order valence-electron chi connectivity index (χ3n) is 5.01. The Bertz CT molecular complexity index is 774. The Kier molecular flexibility index (Phi) is 4.64. The Morgan fingerprint density at radius 3 is 2.40 bits per heavy atom. The number of carbonyl (C=O) groups is 1. The topological polar surface area (TPSA) is 32.8 Å². The van der Waals surface area contributed by atoms with E-state index in [2.05, 4.69) is 18.2 Å². The molecule has 2 heterocycles. The number of nitrogens with zero attached hydrogens (tertiary/aromatic N) is 2. The molecule has 0 aliphatic carbocycles. The van der Waals surface area contributed by atoms with Crippen LogP contribution in [0.25, 0.3) is 0 Å². The van der Waals surface area contributed by atoms with Gasteiger partial charge < -0.3 is 14.5 Å². The van der Waals surface area contributed by atoms with Crippen molar-refractivity contribution in [1.82, 2.24) is 9.80 Å². The normalized spacial score (nSPS) is 20.3. The highest BCUT2D eigenvalue weighted by atomic mass is 35.5. The summed E-state index contributed by atoms with van der Waals surface area (Å²) in [5.74, 6) is 0. The average molecular weight is 357 g/mol. The minimum atomic E-state index is -0.144. The minimum Gasteiger partial charge on any atom is -0.378 e. The number of fused-ring (bicyclic) bond motifs is 1. The van der Waals surface area contributed by atoms with E-state index in [1.54, 1.807) is 0 Å². The maximum Gasteiger partial charge on any atom is 0.320 e. The Hall–Kier alpha value is -2.04. The smallest absolute Gasteiger partial charge is 0.320 e. The number of hydrogen-bond donors (Lipinski definition) is 0. The van der Waals surface area contributed by atoms with Gasteiger partial charge in [0, 0.05) is 24.7 Å². The lowest BCUT2D eigenvalue weighted by Gasteiger charge is -2.41. The van der Waals surface area contributed by atoms with E-state index in [0.29, 0.717) is 37.9 Å². The second-order valence-electron chi connectivity index (χ2n) is 6.45. The quantitative estimate of drug-likeness (QED) is 0.779. The van der Waals surface area contributed by atoms with Crippen molar-refractivity contribution >= 4 is 17.6 Å². The molecule has 1 saturated heterocycles. The number of benzene rings is 2. The van der Waals surface area contributed by atoms with Gasteiger partial charge in [-0.3, -0.25) is 0 Å². The SMILES string of the molecule is O=C(N1CCOCC1)N1CCc2ccccc2C1c1ccccc1Cl. The van der Waals surface area contributed by atoms with Crippen molar-refractivity contribution in [1.29, 1.82) is 0 Å². The van der Waals surface area contributed by atoms with Gasteiger partial charge in [0.05, 0.1) is 19.3 Å². The summed E-state index contributed by atoms with van der Waals surface area (Å²) in [4.78, 5) is 17.1. The van der Waals surface area contributed by atoms with Gasteiger partial charge in [-0.15, -0.1) is 0 Å². The second kappa shape index (κ2) is 7.06. The molecule has 0 saturated carbocycles. The first-order valence-corrected chi connectivity index (χ1v) is 9.09. The van der Waals surface area contributed by atoms with E-state index in [1.165, 1.54) is 11.1 Å². The van der Waals surface area contributed by atoms with E-state index in [1.807, 2.05) is 40.1 Å². The zero-order valence-corrected chi connectivity index (χ0v) is 14.8. The van der Waals surface area contributed by atoms with Crippen molar-refractivity contribution in [3.63, 3.8) is 0 Å². The number of amides is 2. The minimum absolute atomic E-state index is 0.0720. The van der Waals surface area contributed by atoms with Crippen LogP contribution in [0.15, 0.2) is 48.5 Å². The van der Waals surface area contributed by atoms with Crippen LogP contribution in [-0.4, -0.2) is 48.7 Å². The highest BCUT2D eigenvalue weighted by Gasteiger charge is 2.35.